The highest BCUT2D eigenvalue weighted by Crippen LogP contribution is 2.43. The molecule has 0 aliphatic carbocycles. The lowest BCUT2D eigenvalue weighted by molar-refractivity contribution is -0.118. The Balaban J connectivity index is 0.784. The molecule has 0 unspecified atom stereocenters. The van der Waals surface area contributed by atoms with Crippen LogP contribution in [0.3, 0.4) is 0 Å². The Hall–Kier alpha value is -6.33. The molecular weight excluding hydrogens is 837 g/mol. The summed E-state index contributed by atoms with van der Waals surface area (Å²) in [5.74, 6) is 2.27. The van der Waals surface area contributed by atoms with Gasteiger partial charge in [-0.1, -0.05) is 18.2 Å². The van der Waals surface area contributed by atoms with E-state index >= 15 is 0 Å². The average Bonchev–Trinajstić information content (AvgIpc) is 3.80. The molecule has 2 amide bonds. The minimum Gasteiger partial charge on any atom is -0.493 e. The summed E-state index contributed by atoms with van der Waals surface area (Å²) in [6.07, 6.45) is 5.86. The molecule has 0 saturated heterocycles. The minimum absolute atomic E-state index is 0.110. The number of hydrogen-bond donors (Lipinski definition) is 0. The first kappa shape index (κ1) is 45.2. The summed E-state index contributed by atoms with van der Waals surface area (Å²) in [7, 11) is 3.08. The first-order valence-corrected chi connectivity index (χ1v) is 21.9. The van der Waals surface area contributed by atoms with Crippen LogP contribution in [-0.2, 0) is 36.6 Å². The van der Waals surface area contributed by atoms with Crippen LogP contribution >= 0.6 is 0 Å². The highest BCUT2D eigenvalue weighted by atomic mass is 16.6. The van der Waals surface area contributed by atoms with Gasteiger partial charge in [-0.05, 0) is 54.4 Å². The summed E-state index contributed by atoms with van der Waals surface area (Å²) in [6, 6.07) is 20.1. The Morgan fingerprint density at radius 2 is 1.08 bits per heavy atom. The SMILES string of the molecule is COc1cc2c(cc1OCCCOc1cc3c(cc1OC)C(=O)N1c4ccc(OCCOCCOCCOCCOCCC(C)=O)cc4C[C@H]1C=N3)N=C[C@@H]1Cc3ccccc3N1C2=O. The summed E-state index contributed by atoms with van der Waals surface area (Å²) in [4.78, 5) is 51.8. The van der Waals surface area contributed by atoms with Gasteiger partial charge >= 0.3 is 0 Å². The molecule has 4 aliphatic heterocycles. The zero-order valence-electron chi connectivity index (χ0n) is 37.0. The maximum Gasteiger partial charge on any atom is 0.261 e. The summed E-state index contributed by atoms with van der Waals surface area (Å²) in [5, 5.41) is 0. The number of aliphatic imine (C=N–C) groups is 2. The average molecular weight is 891 g/mol. The van der Waals surface area contributed by atoms with Crippen molar-refractivity contribution in [2.45, 2.75) is 44.7 Å². The van der Waals surface area contributed by atoms with Crippen molar-refractivity contribution in [1.29, 1.82) is 0 Å². The van der Waals surface area contributed by atoms with Crippen molar-refractivity contribution in [3.63, 3.8) is 0 Å². The Labute approximate surface area is 378 Å². The van der Waals surface area contributed by atoms with E-state index in [1.807, 2.05) is 48.7 Å². The summed E-state index contributed by atoms with van der Waals surface area (Å²) in [6.45, 7) is 5.99. The van der Waals surface area contributed by atoms with E-state index in [9.17, 15) is 14.4 Å². The predicted molar refractivity (Wildman–Crippen MR) is 243 cm³/mol. The summed E-state index contributed by atoms with van der Waals surface area (Å²) < 4.78 is 51.6. The van der Waals surface area contributed by atoms with E-state index < -0.39 is 0 Å². The number of nitrogens with zero attached hydrogens (tertiary/aromatic N) is 4. The van der Waals surface area contributed by atoms with E-state index in [1.165, 1.54) is 7.11 Å². The molecule has 8 rings (SSSR count). The second-order valence-corrected chi connectivity index (χ2v) is 15.7. The number of carbonyl (C=O) groups excluding carboxylic acids is 3. The van der Waals surface area contributed by atoms with Gasteiger partial charge < -0.3 is 42.6 Å². The van der Waals surface area contributed by atoms with Gasteiger partial charge in [0, 0.05) is 61.6 Å². The molecule has 0 saturated carbocycles. The van der Waals surface area contributed by atoms with Gasteiger partial charge in [0.25, 0.3) is 11.8 Å². The van der Waals surface area contributed by atoms with Crippen molar-refractivity contribution in [3.8, 4) is 28.7 Å². The van der Waals surface area contributed by atoms with Gasteiger partial charge in [-0.2, -0.15) is 0 Å². The fourth-order valence-corrected chi connectivity index (χ4v) is 8.13. The number of carbonyl (C=O) groups is 3. The van der Waals surface area contributed by atoms with E-state index in [4.69, 9.17) is 52.6 Å². The van der Waals surface area contributed by atoms with Gasteiger partial charge in [0.1, 0.15) is 18.1 Å². The molecular formula is C49H54N4O12. The van der Waals surface area contributed by atoms with Crippen LogP contribution in [0.15, 0.2) is 76.7 Å². The highest BCUT2D eigenvalue weighted by molar-refractivity contribution is 6.16. The number of rotatable bonds is 24. The van der Waals surface area contributed by atoms with Gasteiger partial charge in [-0.3, -0.25) is 34.2 Å². The van der Waals surface area contributed by atoms with Crippen molar-refractivity contribution < 1.29 is 57.0 Å². The summed E-state index contributed by atoms with van der Waals surface area (Å²) in [5.41, 5.74) is 5.69. The van der Waals surface area contributed by atoms with Gasteiger partial charge in [0.2, 0.25) is 0 Å². The maximum atomic E-state index is 14.1. The third kappa shape index (κ3) is 10.6. The van der Waals surface area contributed by atoms with Crippen LogP contribution in [-0.4, -0.2) is 129 Å². The largest absolute Gasteiger partial charge is 0.493 e. The number of anilines is 2. The van der Waals surface area contributed by atoms with Crippen LogP contribution < -0.4 is 33.5 Å². The van der Waals surface area contributed by atoms with Crippen LogP contribution in [0.1, 0.15) is 51.6 Å². The minimum atomic E-state index is -0.268. The van der Waals surface area contributed by atoms with Gasteiger partial charge in [0.05, 0.1) is 115 Å². The Kier molecular flexibility index (Phi) is 15.0. The number of fused-ring (bicyclic) bond motifs is 8. The molecule has 4 heterocycles. The van der Waals surface area contributed by atoms with Crippen LogP contribution in [0, 0.1) is 0 Å². The number of ether oxygens (including phenoxy) is 9. The monoisotopic (exact) mass is 890 g/mol. The van der Waals surface area contributed by atoms with E-state index in [-0.39, 0.29) is 29.7 Å². The first-order valence-electron chi connectivity index (χ1n) is 21.9. The quantitative estimate of drug-likeness (QED) is 0.0698. The molecule has 16 heteroatoms. The zero-order valence-corrected chi connectivity index (χ0v) is 37.0. The number of benzene rings is 4. The number of methoxy groups -OCH3 is 2. The second-order valence-electron chi connectivity index (χ2n) is 15.7. The molecule has 0 fully saturated rings. The lowest BCUT2D eigenvalue weighted by atomic mass is 10.1. The Morgan fingerprint density at radius 1 is 0.569 bits per heavy atom. The molecule has 0 spiro atoms. The predicted octanol–water partition coefficient (Wildman–Crippen LogP) is 6.55. The zero-order chi connectivity index (χ0) is 45.1. The molecule has 4 aromatic carbocycles. The molecule has 65 heavy (non-hydrogen) atoms. The lowest BCUT2D eigenvalue weighted by Crippen LogP contribution is -2.37. The fourth-order valence-electron chi connectivity index (χ4n) is 8.13. The van der Waals surface area contributed by atoms with Gasteiger partial charge in [0.15, 0.2) is 23.0 Å². The number of amides is 2. The van der Waals surface area contributed by atoms with E-state index in [0.717, 1.165) is 22.5 Å². The summed E-state index contributed by atoms with van der Waals surface area (Å²) >= 11 is 0. The van der Waals surface area contributed by atoms with Gasteiger partial charge in [-0.15, -0.1) is 0 Å². The molecule has 4 aliphatic rings. The Bertz CT molecular complexity index is 2420. The van der Waals surface area contributed by atoms with Gasteiger partial charge in [-0.25, -0.2) is 0 Å². The number of ketones is 1. The third-order valence-corrected chi connectivity index (χ3v) is 11.3. The van der Waals surface area contributed by atoms with Crippen molar-refractivity contribution in [2.75, 3.05) is 96.7 Å². The second kappa shape index (κ2) is 21.6. The molecule has 4 aromatic rings. The molecule has 342 valence electrons. The van der Waals surface area contributed by atoms with Crippen molar-refractivity contribution in [1.82, 2.24) is 0 Å². The van der Waals surface area contributed by atoms with E-state index in [2.05, 4.69) is 0 Å². The molecule has 2 atom stereocenters. The fraction of sp³-hybridized carbons (Fsp3) is 0.408. The van der Waals surface area contributed by atoms with Crippen LogP contribution in [0.4, 0.5) is 22.7 Å². The lowest BCUT2D eigenvalue weighted by Gasteiger charge is -2.22. The number of para-hydroxylation sites is 1. The normalized spacial score (nSPS) is 16.5. The topological polar surface area (TPSA) is 165 Å². The number of Topliss-reactive ketones (excluding diaryl/α,β-unsaturated/α-hetero) is 1. The van der Waals surface area contributed by atoms with Crippen molar-refractivity contribution in [2.24, 2.45) is 9.98 Å². The van der Waals surface area contributed by atoms with Crippen molar-refractivity contribution >= 4 is 52.8 Å². The van der Waals surface area contributed by atoms with E-state index in [1.54, 1.807) is 54.3 Å². The van der Waals surface area contributed by atoms with Crippen molar-refractivity contribution in [3.05, 3.63) is 89.0 Å². The Morgan fingerprint density at radius 3 is 1.63 bits per heavy atom. The smallest absolute Gasteiger partial charge is 0.261 e. The van der Waals surface area contributed by atoms with E-state index in [0.29, 0.717) is 150 Å². The molecule has 16 nitrogen and oxygen atoms in total. The number of hydrogen-bond acceptors (Lipinski definition) is 14. The molecule has 0 radical (unpaired) electrons. The standard InChI is InChI=1S/C49H54N4O12/c1-32(54)11-14-59-15-16-60-17-18-61-19-20-62-21-22-63-37-9-10-43-34(25-37)24-36-31-51-41-29-47(45(58-3)27-39(41)49(56)53(36)43)65-13-6-12-64-46-28-40-38(26-44(46)57-2)48(55)52-35(30-50-40)23-33-7-4-5-8-42(33)52/h4-5,7-10,25-31,35-36H,6,11-24H2,1-3H3/t35-,36-/m0/s1. The third-order valence-electron chi connectivity index (χ3n) is 11.3. The molecule has 0 N–H and O–H groups in total. The molecule has 0 aromatic heterocycles. The van der Waals surface area contributed by atoms with Crippen LogP contribution in [0.2, 0.25) is 0 Å². The first-order chi connectivity index (χ1) is 31.8. The molecule has 0 bridgehead atoms. The van der Waals surface area contributed by atoms with Crippen LogP contribution in [0.5, 0.6) is 28.7 Å². The van der Waals surface area contributed by atoms with Crippen LogP contribution in [0.25, 0.3) is 0 Å². The maximum absolute atomic E-state index is 14.1. The highest BCUT2D eigenvalue weighted by Gasteiger charge is 2.38.